The van der Waals surface area contributed by atoms with Crippen molar-refractivity contribution < 1.29 is 0 Å². The Balaban J connectivity index is 1.07. The molecule has 0 unspecified atom stereocenters. The summed E-state index contributed by atoms with van der Waals surface area (Å²) in [5, 5.41) is 8.48. The Morgan fingerprint density at radius 2 is 0.770 bits per heavy atom. The van der Waals surface area contributed by atoms with E-state index >= 15 is 0 Å². The van der Waals surface area contributed by atoms with Gasteiger partial charge in [-0.1, -0.05) is 188 Å². The van der Waals surface area contributed by atoms with Gasteiger partial charge in [-0.15, -0.1) is 0 Å². The van der Waals surface area contributed by atoms with E-state index in [0.717, 1.165) is 0 Å². The van der Waals surface area contributed by atoms with Gasteiger partial charge in [0, 0.05) is 5.69 Å². The summed E-state index contributed by atoms with van der Waals surface area (Å²) in [6, 6.07) is 85.5. The zero-order chi connectivity index (χ0) is 39.9. The number of para-hydroxylation sites is 1. The summed E-state index contributed by atoms with van der Waals surface area (Å²) in [6.45, 7) is 0. The van der Waals surface area contributed by atoms with Gasteiger partial charge in [0.15, 0.2) is 8.07 Å². The van der Waals surface area contributed by atoms with Crippen molar-refractivity contribution in [2.75, 3.05) is 4.90 Å². The number of fused-ring (bicyclic) bond motifs is 20. The lowest BCUT2D eigenvalue weighted by molar-refractivity contribution is 0.753. The maximum absolute atomic E-state index is 2.66. The van der Waals surface area contributed by atoms with Gasteiger partial charge in [-0.3, -0.25) is 0 Å². The molecule has 2 spiro atoms. The van der Waals surface area contributed by atoms with Crippen LogP contribution in [-0.4, -0.2) is 8.07 Å². The molecule has 0 bridgehead atoms. The smallest absolute Gasteiger partial charge is 0.182 e. The molecule has 0 aromatic heterocycles. The molecule has 0 saturated heterocycles. The van der Waals surface area contributed by atoms with Crippen molar-refractivity contribution in [1.29, 1.82) is 0 Å². The predicted molar refractivity (Wildman–Crippen MR) is 257 cm³/mol. The Hall–Kier alpha value is -7.52. The largest absolute Gasteiger partial charge is 0.310 e. The normalized spacial score (nSPS) is 14.8. The molecule has 0 N–H and O–H groups in total. The molecular formula is C59H37NSi. The minimum absolute atomic E-state index is 0.519. The zero-order valence-corrected chi connectivity index (χ0v) is 34.3. The third kappa shape index (κ3) is 4.10. The molecule has 0 saturated carbocycles. The van der Waals surface area contributed by atoms with Crippen LogP contribution in [0.4, 0.5) is 17.1 Å². The van der Waals surface area contributed by atoms with Crippen LogP contribution in [0.25, 0.3) is 55.3 Å². The molecule has 0 fully saturated rings. The number of hydrogen-bond donors (Lipinski definition) is 0. The summed E-state index contributed by atoms with van der Waals surface area (Å²) < 4.78 is 0. The standard InChI is InChI=1S/C59H37NSi/c1-2-16-39-35-40(30-29-38(39)15-1)41-31-34-54-52(36-41)59(49-22-8-3-17-43(49)44-18-4-9-23-50(44)59)51-24-10-11-25-53(51)60(54)42-32-33-48-47-21-7-14-28-57(47)61(58(48)37-42)55-26-12-5-19-45(55)46-20-6-13-27-56(46)61/h1-37H. The van der Waals surface area contributed by atoms with Crippen molar-refractivity contribution in [3.05, 3.63) is 247 Å². The maximum Gasteiger partial charge on any atom is 0.182 e. The van der Waals surface area contributed by atoms with Crippen molar-refractivity contribution in [2.45, 2.75) is 5.41 Å². The van der Waals surface area contributed by atoms with Crippen LogP contribution in [0.2, 0.25) is 0 Å². The Morgan fingerprint density at radius 1 is 0.295 bits per heavy atom. The molecule has 3 heterocycles. The van der Waals surface area contributed by atoms with Gasteiger partial charge in [0.1, 0.15) is 0 Å². The Morgan fingerprint density at radius 3 is 1.43 bits per heavy atom. The fourth-order valence-electron chi connectivity index (χ4n) is 12.2. The molecule has 2 heteroatoms. The van der Waals surface area contributed by atoms with Gasteiger partial charge in [0.2, 0.25) is 0 Å². The first-order valence-electron chi connectivity index (χ1n) is 21.4. The first-order chi connectivity index (χ1) is 30.3. The minimum atomic E-state index is -2.66. The number of anilines is 3. The molecule has 282 valence electrons. The van der Waals surface area contributed by atoms with Gasteiger partial charge in [0.05, 0.1) is 16.8 Å². The quantitative estimate of drug-likeness (QED) is 0.158. The summed E-state index contributed by atoms with van der Waals surface area (Å²) in [5.74, 6) is 0. The van der Waals surface area contributed by atoms with Crippen molar-refractivity contribution >= 4 is 56.7 Å². The van der Waals surface area contributed by atoms with Crippen LogP contribution in [0, 0.1) is 0 Å². The van der Waals surface area contributed by atoms with Crippen LogP contribution in [0.1, 0.15) is 22.3 Å². The van der Waals surface area contributed by atoms with Crippen LogP contribution in [-0.2, 0) is 5.41 Å². The van der Waals surface area contributed by atoms with Gasteiger partial charge in [-0.2, -0.15) is 0 Å². The summed E-state index contributed by atoms with van der Waals surface area (Å²) in [7, 11) is -2.66. The third-order valence-corrected chi connectivity index (χ3v) is 19.4. The molecule has 3 aliphatic heterocycles. The molecule has 14 rings (SSSR count). The topological polar surface area (TPSA) is 3.24 Å². The van der Waals surface area contributed by atoms with Gasteiger partial charge < -0.3 is 4.90 Å². The Kier molecular flexibility index (Phi) is 6.58. The predicted octanol–water partition coefficient (Wildman–Crippen LogP) is 12.0. The highest BCUT2D eigenvalue weighted by atomic mass is 28.3. The van der Waals surface area contributed by atoms with E-state index in [1.807, 2.05) is 0 Å². The summed E-state index contributed by atoms with van der Waals surface area (Å²) in [4.78, 5) is 2.59. The molecule has 61 heavy (non-hydrogen) atoms. The van der Waals surface area contributed by atoms with E-state index in [1.165, 1.54) is 115 Å². The summed E-state index contributed by atoms with van der Waals surface area (Å²) in [6.07, 6.45) is 0. The molecule has 0 atom stereocenters. The van der Waals surface area contributed by atoms with Crippen molar-refractivity contribution in [1.82, 2.24) is 0 Å². The van der Waals surface area contributed by atoms with E-state index in [1.54, 1.807) is 0 Å². The van der Waals surface area contributed by atoms with Crippen molar-refractivity contribution in [2.24, 2.45) is 0 Å². The van der Waals surface area contributed by atoms with E-state index in [0.29, 0.717) is 0 Å². The van der Waals surface area contributed by atoms with E-state index in [-0.39, 0.29) is 0 Å². The molecule has 0 radical (unpaired) electrons. The molecule has 10 aromatic rings. The van der Waals surface area contributed by atoms with Gasteiger partial charge in [-0.25, -0.2) is 0 Å². The van der Waals surface area contributed by atoms with E-state index in [9.17, 15) is 0 Å². The van der Waals surface area contributed by atoms with Crippen LogP contribution in [0.15, 0.2) is 224 Å². The molecule has 1 aliphatic carbocycles. The second-order valence-corrected chi connectivity index (χ2v) is 20.8. The van der Waals surface area contributed by atoms with Crippen LogP contribution < -0.4 is 25.6 Å². The third-order valence-electron chi connectivity index (χ3n) is 14.5. The minimum Gasteiger partial charge on any atom is -0.310 e. The monoisotopic (exact) mass is 787 g/mol. The fraction of sp³-hybridized carbons (Fsp3) is 0.0169. The maximum atomic E-state index is 2.59. The highest BCUT2D eigenvalue weighted by molar-refractivity contribution is 7.24. The molecule has 0 amide bonds. The zero-order valence-electron chi connectivity index (χ0n) is 33.3. The molecule has 1 nitrogen and oxygen atoms in total. The summed E-state index contributed by atoms with van der Waals surface area (Å²) in [5.41, 5.74) is 19.0. The summed E-state index contributed by atoms with van der Waals surface area (Å²) >= 11 is 0. The molecular weight excluding hydrogens is 751 g/mol. The first-order valence-corrected chi connectivity index (χ1v) is 23.4. The second-order valence-electron chi connectivity index (χ2n) is 17.1. The van der Waals surface area contributed by atoms with Gasteiger partial charge in [-0.05, 0) is 135 Å². The average molecular weight is 788 g/mol. The van der Waals surface area contributed by atoms with Crippen LogP contribution in [0.3, 0.4) is 0 Å². The number of hydrogen-bond acceptors (Lipinski definition) is 1. The number of benzene rings is 10. The highest BCUT2D eigenvalue weighted by Gasteiger charge is 2.55. The van der Waals surface area contributed by atoms with Crippen LogP contribution >= 0.6 is 0 Å². The SMILES string of the molecule is c1ccc2c(c1)-c1ccccc1C21c2ccccc2N(c2ccc3c(c2)[Si]2(c4ccccc4-c4ccccc42)c2ccccc2-3)c2ccc(-c3ccc4ccccc4c3)cc21. The van der Waals surface area contributed by atoms with E-state index in [4.69, 9.17) is 0 Å². The average Bonchev–Trinajstić information content (AvgIpc) is 3.92. The fourth-order valence-corrected chi connectivity index (χ4v) is 17.8. The lowest BCUT2D eigenvalue weighted by atomic mass is 9.64. The van der Waals surface area contributed by atoms with Crippen molar-refractivity contribution in [3.8, 4) is 44.5 Å². The lowest BCUT2D eigenvalue weighted by Crippen LogP contribution is -2.70. The highest BCUT2D eigenvalue weighted by Crippen LogP contribution is 2.63. The van der Waals surface area contributed by atoms with Crippen LogP contribution in [0.5, 0.6) is 0 Å². The Bertz CT molecular complexity index is 3410. The molecule has 10 aromatic carbocycles. The number of rotatable bonds is 2. The number of nitrogens with zero attached hydrogens (tertiary/aromatic N) is 1. The molecule has 4 aliphatic rings. The van der Waals surface area contributed by atoms with Crippen molar-refractivity contribution in [3.63, 3.8) is 0 Å². The lowest BCUT2D eigenvalue weighted by Gasteiger charge is -2.45. The van der Waals surface area contributed by atoms with E-state index in [2.05, 4.69) is 229 Å². The van der Waals surface area contributed by atoms with Gasteiger partial charge >= 0.3 is 0 Å². The van der Waals surface area contributed by atoms with Gasteiger partial charge in [0.25, 0.3) is 0 Å². The second kappa shape index (κ2) is 12.0. The first kappa shape index (κ1) is 33.3. The van der Waals surface area contributed by atoms with E-state index < -0.39 is 13.5 Å². The Labute approximate surface area is 356 Å².